The van der Waals surface area contributed by atoms with Gasteiger partial charge in [-0.25, -0.2) is 0 Å². The van der Waals surface area contributed by atoms with E-state index in [1.165, 1.54) is 21.7 Å². The second-order valence-corrected chi connectivity index (χ2v) is 26.4. The molecule has 2 heterocycles. The minimum absolute atomic E-state index is 0. The van der Waals surface area contributed by atoms with Crippen molar-refractivity contribution in [3.8, 4) is 0 Å². The first-order valence-electron chi connectivity index (χ1n) is 9.34. The van der Waals surface area contributed by atoms with Crippen LogP contribution in [-0.2, 0) is 0 Å². The van der Waals surface area contributed by atoms with Crippen molar-refractivity contribution in [2.75, 3.05) is 2.43 Å². The Morgan fingerprint density at radius 3 is 1.28 bits per heavy atom. The summed E-state index contributed by atoms with van der Waals surface area (Å²) in [6.45, 7) is 18.3. The smallest absolute Gasteiger partial charge is 0.658 e. The molecule has 1 nitrogen and oxygen atoms in total. The molecule has 0 aromatic rings. The van der Waals surface area contributed by atoms with E-state index in [1.807, 2.05) is 0 Å². The molecule has 0 saturated carbocycles. The number of hydrogen-bond donors (Lipinski definition) is 0. The number of alkyl halides is 3. The first-order valence-corrected chi connectivity index (χ1v) is 20.3. The van der Waals surface area contributed by atoms with Gasteiger partial charge in [0.15, 0.2) is 0 Å². The van der Waals surface area contributed by atoms with Gasteiger partial charge in [0.25, 0.3) is 0 Å². The molecule has 25 heavy (non-hydrogen) atoms. The minimum atomic E-state index is -0.657. The summed E-state index contributed by atoms with van der Waals surface area (Å²) in [6.07, 6.45) is 4.53. The Labute approximate surface area is 214 Å². The average molecular weight is 715 g/mol. The van der Waals surface area contributed by atoms with Gasteiger partial charge in [-0.3, -0.25) is 0 Å². The van der Waals surface area contributed by atoms with Gasteiger partial charge in [-0.05, 0) is 6.42 Å². The van der Waals surface area contributed by atoms with Gasteiger partial charge in [-0.2, -0.15) is 0 Å². The third-order valence-electron chi connectivity index (χ3n) is 4.43. The van der Waals surface area contributed by atoms with E-state index in [9.17, 15) is 0 Å². The van der Waals surface area contributed by atoms with Crippen LogP contribution in [0.1, 0.15) is 47.0 Å². The van der Waals surface area contributed by atoms with Gasteiger partial charge in [0.2, 0.25) is 0 Å². The number of rotatable bonds is 2. The fourth-order valence-electron chi connectivity index (χ4n) is 2.76. The molecule has 0 aromatic carbocycles. The number of hydrogen-bond acceptors (Lipinski definition) is 0. The van der Waals surface area contributed by atoms with E-state index in [-0.39, 0.29) is 18.9 Å². The first-order chi connectivity index (χ1) is 10.9. The normalized spacial score (nSPS) is 22.2. The molecule has 7 heteroatoms. The molecule has 1 unspecified atom stereocenters. The Kier molecular flexibility index (Phi) is 23.6. The average Bonchev–Trinajstić information content (AvgIpc) is 2.66. The van der Waals surface area contributed by atoms with Crippen molar-refractivity contribution in [3.63, 3.8) is 0 Å². The van der Waals surface area contributed by atoms with Crippen molar-refractivity contribution in [3.05, 3.63) is 5.32 Å². The summed E-state index contributed by atoms with van der Waals surface area (Å²) in [7, 11) is -1.11. The third kappa shape index (κ3) is 21.7. The Balaban J connectivity index is -0.000000266. The van der Waals surface area contributed by atoms with Crippen LogP contribution in [0, 0.1) is 0 Å². The summed E-state index contributed by atoms with van der Waals surface area (Å²) in [6, 6.07) is 5.75. The second-order valence-electron chi connectivity index (χ2n) is 8.80. The molecule has 2 saturated heterocycles. The van der Waals surface area contributed by atoms with E-state index in [0.717, 1.165) is 3.55 Å². The van der Waals surface area contributed by atoms with Gasteiger partial charge in [0, 0.05) is 11.6 Å². The Bertz CT molecular complexity index is 292. The molecule has 2 rings (SSSR count). The minimum Gasteiger partial charge on any atom is -0.658 e. The number of nitrogens with zero attached hydrogens (tertiary/aromatic N) is 1. The largest absolute Gasteiger partial charge is 1.00 e. The molecular formula is C18H41I3LiNSi2. The SMILES string of the molecule is CC(C)[N-]C(C)C.C[Si]1(C)CCC1.C[Si]1(C)CCCC1I.ICI.[Li+]. The first kappa shape index (κ1) is 32.8. The molecular weight excluding hydrogens is 674 g/mol. The predicted molar refractivity (Wildman–Crippen MR) is 148 cm³/mol. The fourth-order valence-corrected chi connectivity index (χ4v) is 8.32. The summed E-state index contributed by atoms with van der Waals surface area (Å²) in [4.78, 5) is 0. The summed E-state index contributed by atoms with van der Waals surface area (Å²) < 4.78 is 2.26. The van der Waals surface area contributed by atoms with Crippen LogP contribution in [0.4, 0.5) is 0 Å². The summed E-state index contributed by atoms with van der Waals surface area (Å²) in [5, 5.41) is 4.28. The molecule has 0 N–H and O–H groups in total. The van der Waals surface area contributed by atoms with E-state index < -0.39 is 16.1 Å². The Morgan fingerprint density at radius 2 is 1.24 bits per heavy atom. The van der Waals surface area contributed by atoms with Crippen LogP contribution in [0.5, 0.6) is 0 Å². The zero-order valence-corrected chi connectivity index (χ0v) is 26.7. The molecule has 1 atom stereocenters. The van der Waals surface area contributed by atoms with Gasteiger partial charge < -0.3 is 5.32 Å². The summed E-state index contributed by atoms with van der Waals surface area (Å²) in [5.74, 6) is 0. The van der Waals surface area contributed by atoms with E-state index in [4.69, 9.17) is 0 Å². The van der Waals surface area contributed by atoms with Crippen molar-refractivity contribution < 1.29 is 18.9 Å². The Hall–Kier alpha value is 3.18. The van der Waals surface area contributed by atoms with Crippen LogP contribution in [0.2, 0.25) is 44.3 Å². The molecule has 0 radical (unpaired) electrons. The van der Waals surface area contributed by atoms with E-state index in [0.29, 0.717) is 12.1 Å². The predicted octanol–water partition coefficient (Wildman–Crippen LogP) is 5.92. The molecule has 0 aliphatic carbocycles. The van der Waals surface area contributed by atoms with Crippen LogP contribution in [0.25, 0.3) is 5.32 Å². The third-order valence-corrected chi connectivity index (χ3v) is 17.2. The van der Waals surface area contributed by atoms with E-state index in [1.54, 1.807) is 18.1 Å². The van der Waals surface area contributed by atoms with E-state index in [2.05, 4.69) is 127 Å². The van der Waals surface area contributed by atoms with Crippen LogP contribution in [-0.4, -0.2) is 34.2 Å². The van der Waals surface area contributed by atoms with Gasteiger partial charge in [0.05, 0.1) is 10.5 Å². The Morgan fingerprint density at radius 1 is 0.880 bits per heavy atom. The fraction of sp³-hybridized carbons (Fsp3) is 1.00. The van der Waals surface area contributed by atoms with Gasteiger partial charge >= 0.3 is 18.9 Å². The van der Waals surface area contributed by atoms with Gasteiger partial charge in [0.1, 0.15) is 0 Å². The van der Waals surface area contributed by atoms with Gasteiger partial charge in [-0.1, -0.05) is 153 Å². The topological polar surface area (TPSA) is 14.1 Å². The summed E-state index contributed by atoms with van der Waals surface area (Å²) in [5.41, 5.74) is 0. The molecule has 2 fully saturated rings. The van der Waals surface area contributed by atoms with Crippen LogP contribution in [0.3, 0.4) is 0 Å². The molecule has 2 aliphatic heterocycles. The van der Waals surface area contributed by atoms with Crippen LogP contribution in [0.15, 0.2) is 0 Å². The maximum Gasteiger partial charge on any atom is 1.00 e. The van der Waals surface area contributed by atoms with Crippen molar-refractivity contribution in [2.24, 2.45) is 0 Å². The van der Waals surface area contributed by atoms with E-state index >= 15 is 0 Å². The van der Waals surface area contributed by atoms with Crippen LogP contribution < -0.4 is 18.9 Å². The van der Waals surface area contributed by atoms with Crippen LogP contribution >= 0.6 is 67.8 Å². The molecule has 2 aliphatic rings. The second kappa shape index (κ2) is 18.0. The quantitative estimate of drug-likeness (QED) is 0.192. The van der Waals surface area contributed by atoms with Crippen molar-refractivity contribution in [1.82, 2.24) is 0 Å². The maximum atomic E-state index is 4.28. The summed E-state index contributed by atoms with van der Waals surface area (Å²) >= 11 is 7.19. The van der Waals surface area contributed by atoms with Crippen molar-refractivity contribution in [1.29, 1.82) is 0 Å². The maximum absolute atomic E-state index is 4.28. The molecule has 0 spiro atoms. The number of halogens is 3. The zero-order chi connectivity index (χ0) is 19.4. The van der Waals surface area contributed by atoms with Crippen molar-refractivity contribution >= 4 is 83.9 Å². The standard InChI is InChI=1S/C6H13ISi.C6H14N.C5H12Si.CH2I2.Li/c1-8(2)5-3-4-6(8)7;1-5(2)7-6(3)4;1-6(2)4-3-5-6;2-1-3;/h6H,3-5H2,1-2H3;5-6H,1-4H3;3-5H2,1-2H3;1H2;/q;-1;;;+1. The molecule has 148 valence electrons. The monoisotopic (exact) mass is 715 g/mol. The molecule has 0 amide bonds. The van der Waals surface area contributed by atoms with Crippen molar-refractivity contribution in [2.45, 2.75) is 107 Å². The molecule has 0 aromatic heterocycles. The van der Waals surface area contributed by atoms with Gasteiger partial charge in [-0.15, -0.1) is 12.1 Å². The zero-order valence-electron chi connectivity index (χ0n) is 18.3. The molecule has 0 bridgehead atoms.